The van der Waals surface area contributed by atoms with Crippen molar-refractivity contribution in [3.8, 4) is 5.75 Å². The Morgan fingerprint density at radius 1 is 1.53 bits per heavy atom. The van der Waals surface area contributed by atoms with E-state index < -0.39 is 0 Å². The molecule has 1 amide bonds. The van der Waals surface area contributed by atoms with Crippen molar-refractivity contribution in [3.63, 3.8) is 0 Å². The Labute approximate surface area is 107 Å². The number of carbonyl (C=O) groups is 1. The zero-order valence-electron chi connectivity index (χ0n) is 9.95. The van der Waals surface area contributed by atoms with Crippen molar-refractivity contribution in [2.24, 2.45) is 0 Å². The predicted octanol–water partition coefficient (Wildman–Crippen LogP) is 2.46. The minimum Gasteiger partial charge on any atom is -0.508 e. The highest BCUT2D eigenvalue weighted by atomic mass is 35.5. The summed E-state index contributed by atoms with van der Waals surface area (Å²) in [5.74, 6) is 0.105. The molecule has 0 aliphatic carbocycles. The second-order valence-corrected chi connectivity index (χ2v) is 4.65. The maximum absolute atomic E-state index is 11.6. The normalized spacial score (nSPS) is 12.1. The summed E-state index contributed by atoms with van der Waals surface area (Å²) in [5, 5.41) is 12.0. The number of hydrogen-bond acceptors (Lipinski definition) is 2. The molecule has 94 valence electrons. The lowest BCUT2D eigenvalue weighted by molar-refractivity contribution is -0.120. The van der Waals surface area contributed by atoms with Crippen LogP contribution in [0.5, 0.6) is 5.75 Å². The summed E-state index contributed by atoms with van der Waals surface area (Å²) in [6.07, 6.45) is 2.18. The average molecular weight is 256 g/mol. The van der Waals surface area contributed by atoms with Gasteiger partial charge in [0.05, 0.1) is 11.8 Å². The van der Waals surface area contributed by atoms with E-state index in [0.717, 1.165) is 18.4 Å². The molecule has 0 aromatic heterocycles. The van der Waals surface area contributed by atoms with Gasteiger partial charge in [0.2, 0.25) is 5.91 Å². The van der Waals surface area contributed by atoms with Gasteiger partial charge in [0.25, 0.3) is 0 Å². The van der Waals surface area contributed by atoms with Crippen molar-refractivity contribution < 1.29 is 9.90 Å². The number of halogens is 1. The number of nitrogens with one attached hydrogen (secondary N) is 1. The molecule has 1 aromatic carbocycles. The van der Waals surface area contributed by atoms with Crippen LogP contribution in [0.1, 0.15) is 25.3 Å². The van der Waals surface area contributed by atoms with Crippen LogP contribution in [-0.2, 0) is 11.2 Å². The number of hydrogen-bond donors (Lipinski definition) is 2. The molecule has 1 aromatic rings. The molecule has 2 N–H and O–H groups in total. The molecule has 1 rings (SSSR count). The predicted molar refractivity (Wildman–Crippen MR) is 69.4 cm³/mol. The van der Waals surface area contributed by atoms with Gasteiger partial charge in [-0.15, -0.1) is 11.6 Å². The summed E-state index contributed by atoms with van der Waals surface area (Å²) in [4.78, 5) is 11.6. The number of alkyl halides is 1. The van der Waals surface area contributed by atoms with Crippen molar-refractivity contribution in [1.29, 1.82) is 0 Å². The van der Waals surface area contributed by atoms with E-state index in [4.69, 9.17) is 11.6 Å². The second-order valence-electron chi connectivity index (χ2n) is 4.04. The smallest absolute Gasteiger partial charge is 0.224 e. The van der Waals surface area contributed by atoms with Crippen LogP contribution in [0.15, 0.2) is 24.3 Å². The lowest BCUT2D eigenvalue weighted by Crippen LogP contribution is -2.30. The Morgan fingerprint density at radius 2 is 2.29 bits per heavy atom. The van der Waals surface area contributed by atoms with Crippen LogP contribution in [0.25, 0.3) is 0 Å². The topological polar surface area (TPSA) is 49.3 Å². The number of phenolic OH excluding ortho intramolecular Hbond substituents is 1. The standard InChI is InChI=1S/C13H18ClNO2/c1-2-4-11(14)9-15-13(17)8-10-5-3-6-12(16)7-10/h3,5-7,11,16H,2,4,8-9H2,1H3,(H,15,17). The van der Waals surface area contributed by atoms with Crippen LogP contribution in [0.4, 0.5) is 0 Å². The largest absolute Gasteiger partial charge is 0.508 e. The quantitative estimate of drug-likeness (QED) is 0.768. The summed E-state index contributed by atoms with van der Waals surface area (Å²) in [6, 6.07) is 6.70. The maximum atomic E-state index is 11.6. The minimum absolute atomic E-state index is 0.00636. The molecule has 1 unspecified atom stereocenters. The maximum Gasteiger partial charge on any atom is 0.224 e. The van der Waals surface area contributed by atoms with E-state index in [1.165, 1.54) is 0 Å². The third kappa shape index (κ3) is 5.59. The molecule has 3 nitrogen and oxygen atoms in total. The Hall–Kier alpha value is -1.22. The van der Waals surface area contributed by atoms with Gasteiger partial charge in [-0.25, -0.2) is 0 Å². The summed E-state index contributed by atoms with van der Waals surface area (Å²) in [6.45, 7) is 2.55. The highest BCUT2D eigenvalue weighted by Gasteiger charge is 2.07. The number of phenols is 1. The van der Waals surface area contributed by atoms with Gasteiger partial charge in [-0.05, 0) is 24.1 Å². The summed E-state index contributed by atoms with van der Waals surface area (Å²) in [7, 11) is 0. The van der Waals surface area contributed by atoms with E-state index in [9.17, 15) is 9.90 Å². The Kier molecular flexibility index (Phi) is 5.84. The Morgan fingerprint density at radius 3 is 2.94 bits per heavy atom. The molecule has 4 heteroatoms. The van der Waals surface area contributed by atoms with Gasteiger partial charge in [0.1, 0.15) is 5.75 Å². The fraction of sp³-hybridized carbons (Fsp3) is 0.462. The highest BCUT2D eigenvalue weighted by Crippen LogP contribution is 2.11. The molecule has 0 heterocycles. The van der Waals surface area contributed by atoms with Gasteiger partial charge < -0.3 is 10.4 Å². The van der Waals surface area contributed by atoms with E-state index >= 15 is 0 Å². The zero-order chi connectivity index (χ0) is 12.7. The molecule has 0 fully saturated rings. The fourth-order valence-electron chi connectivity index (χ4n) is 1.55. The molecule has 1 atom stereocenters. The first-order valence-corrected chi connectivity index (χ1v) is 6.24. The fourth-order valence-corrected chi connectivity index (χ4v) is 1.85. The van der Waals surface area contributed by atoms with E-state index in [2.05, 4.69) is 12.2 Å². The van der Waals surface area contributed by atoms with Crippen LogP contribution in [0, 0.1) is 0 Å². The molecular formula is C13H18ClNO2. The first-order chi connectivity index (χ1) is 8.11. The van der Waals surface area contributed by atoms with E-state index in [1.807, 2.05) is 6.07 Å². The average Bonchev–Trinajstić information content (AvgIpc) is 2.27. The first-order valence-electron chi connectivity index (χ1n) is 5.80. The molecule has 17 heavy (non-hydrogen) atoms. The summed E-state index contributed by atoms with van der Waals surface area (Å²) in [5.41, 5.74) is 0.795. The van der Waals surface area contributed by atoms with Crippen molar-refractivity contribution in [2.45, 2.75) is 31.6 Å². The molecule has 0 saturated heterocycles. The number of rotatable bonds is 6. The van der Waals surface area contributed by atoms with Crippen molar-refractivity contribution in [1.82, 2.24) is 5.32 Å². The van der Waals surface area contributed by atoms with Crippen molar-refractivity contribution >= 4 is 17.5 Å². The molecule has 0 radical (unpaired) electrons. The van der Waals surface area contributed by atoms with Crippen molar-refractivity contribution in [2.75, 3.05) is 6.54 Å². The van der Waals surface area contributed by atoms with Crippen LogP contribution in [-0.4, -0.2) is 22.9 Å². The molecule has 0 spiro atoms. The number of aromatic hydroxyl groups is 1. The Bertz CT molecular complexity index is 368. The van der Waals surface area contributed by atoms with Gasteiger partial charge in [0.15, 0.2) is 0 Å². The third-order valence-corrected chi connectivity index (χ3v) is 2.77. The summed E-state index contributed by atoms with van der Waals surface area (Å²) >= 11 is 6.00. The van der Waals surface area contributed by atoms with Gasteiger partial charge >= 0.3 is 0 Å². The van der Waals surface area contributed by atoms with E-state index in [1.54, 1.807) is 18.2 Å². The van der Waals surface area contributed by atoms with Gasteiger partial charge in [-0.1, -0.05) is 25.5 Å². The Balaban J connectivity index is 2.34. The minimum atomic E-state index is -0.0719. The van der Waals surface area contributed by atoms with Gasteiger partial charge in [-0.3, -0.25) is 4.79 Å². The van der Waals surface area contributed by atoms with E-state index in [0.29, 0.717) is 6.54 Å². The van der Waals surface area contributed by atoms with Crippen LogP contribution < -0.4 is 5.32 Å². The molecular weight excluding hydrogens is 238 g/mol. The number of benzene rings is 1. The number of carbonyl (C=O) groups excluding carboxylic acids is 1. The molecule has 0 aliphatic rings. The van der Waals surface area contributed by atoms with Crippen molar-refractivity contribution in [3.05, 3.63) is 29.8 Å². The number of amides is 1. The van der Waals surface area contributed by atoms with Crippen LogP contribution in [0.2, 0.25) is 0 Å². The lowest BCUT2D eigenvalue weighted by Gasteiger charge is -2.09. The second kappa shape index (κ2) is 7.17. The van der Waals surface area contributed by atoms with Gasteiger partial charge in [-0.2, -0.15) is 0 Å². The van der Waals surface area contributed by atoms with Crippen LogP contribution in [0.3, 0.4) is 0 Å². The molecule has 0 bridgehead atoms. The van der Waals surface area contributed by atoms with Crippen LogP contribution >= 0.6 is 11.6 Å². The monoisotopic (exact) mass is 255 g/mol. The molecule has 0 saturated carbocycles. The molecule has 0 aliphatic heterocycles. The lowest BCUT2D eigenvalue weighted by atomic mass is 10.1. The highest BCUT2D eigenvalue weighted by molar-refractivity contribution is 6.20. The SMILES string of the molecule is CCCC(Cl)CNC(=O)Cc1cccc(O)c1. The van der Waals surface area contributed by atoms with Gasteiger partial charge in [0, 0.05) is 6.54 Å². The third-order valence-electron chi connectivity index (χ3n) is 2.40. The first kappa shape index (κ1) is 13.8. The summed E-state index contributed by atoms with van der Waals surface area (Å²) < 4.78 is 0. The van der Waals surface area contributed by atoms with E-state index in [-0.39, 0.29) is 23.5 Å². The zero-order valence-corrected chi connectivity index (χ0v) is 10.7.